The predicted molar refractivity (Wildman–Crippen MR) is 49.7 cm³/mol. The van der Waals surface area contributed by atoms with Gasteiger partial charge in [-0.1, -0.05) is 18.2 Å². The third kappa shape index (κ3) is 1.10. The lowest BCUT2D eigenvalue weighted by Crippen LogP contribution is -2.11. The van der Waals surface area contributed by atoms with Crippen molar-refractivity contribution in [2.24, 2.45) is 4.99 Å². The molecule has 1 aromatic rings. The molecule has 1 heterocycles. The molecule has 0 amide bonds. The van der Waals surface area contributed by atoms with Gasteiger partial charge in [0.2, 0.25) is 0 Å². The molecule has 1 aliphatic heterocycles. The minimum Gasteiger partial charge on any atom is -0.275 e. The third-order valence-electron chi connectivity index (χ3n) is 1.91. The molecule has 12 heavy (non-hydrogen) atoms. The fourth-order valence-corrected chi connectivity index (χ4v) is 2.30. The molecule has 0 N–H and O–H groups in total. The minimum atomic E-state index is -1.01. The number of benzene rings is 1. The molecule has 1 unspecified atom stereocenters. The Morgan fingerprint density at radius 3 is 3.00 bits per heavy atom. The quantitative estimate of drug-likeness (QED) is 0.596. The first-order valence-electron chi connectivity index (χ1n) is 3.80. The second kappa shape index (κ2) is 2.83. The first kappa shape index (κ1) is 7.68. The van der Waals surface area contributed by atoms with Crippen LogP contribution in [0, 0.1) is 0 Å². The van der Waals surface area contributed by atoms with Crippen molar-refractivity contribution >= 4 is 15.8 Å². The second-order valence-electron chi connectivity index (χ2n) is 2.71. The van der Waals surface area contributed by atoms with Gasteiger partial charge in [0.1, 0.15) is 5.04 Å². The number of nitrogens with zero attached hydrogens (tertiary/aromatic N) is 1. The molecule has 1 aromatic carbocycles. The molecular formula is C9H9NOS. The van der Waals surface area contributed by atoms with Crippen molar-refractivity contribution in [3.05, 3.63) is 29.8 Å². The van der Waals surface area contributed by atoms with Gasteiger partial charge in [0, 0.05) is 4.90 Å². The SMILES string of the molecule is CC1=NCc2ccccc2S1=O. The molecular weight excluding hydrogens is 170 g/mol. The molecule has 0 bridgehead atoms. The minimum absolute atomic E-state index is 0.674. The van der Waals surface area contributed by atoms with Crippen LogP contribution in [0.25, 0.3) is 0 Å². The van der Waals surface area contributed by atoms with Gasteiger partial charge in [-0.05, 0) is 18.6 Å². The van der Waals surface area contributed by atoms with Crippen molar-refractivity contribution in [2.75, 3.05) is 0 Å². The van der Waals surface area contributed by atoms with Crippen molar-refractivity contribution < 1.29 is 4.21 Å². The molecule has 1 aliphatic rings. The van der Waals surface area contributed by atoms with E-state index in [9.17, 15) is 4.21 Å². The maximum atomic E-state index is 11.6. The summed E-state index contributed by atoms with van der Waals surface area (Å²) in [6, 6.07) is 7.74. The number of hydrogen-bond acceptors (Lipinski definition) is 2. The van der Waals surface area contributed by atoms with Gasteiger partial charge < -0.3 is 0 Å². The van der Waals surface area contributed by atoms with Gasteiger partial charge in [-0.15, -0.1) is 0 Å². The molecule has 0 fully saturated rings. The summed E-state index contributed by atoms with van der Waals surface area (Å²) >= 11 is 0. The van der Waals surface area contributed by atoms with Crippen LogP contribution in [0.5, 0.6) is 0 Å². The fourth-order valence-electron chi connectivity index (χ4n) is 1.23. The summed E-state index contributed by atoms with van der Waals surface area (Å²) < 4.78 is 11.6. The second-order valence-corrected chi connectivity index (χ2v) is 4.28. The molecule has 2 nitrogen and oxygen atoms in total. The van der Waals surface area contributed by atoms with Crippen LogP contribution in [0.4, 0.5) is 0 Å². The number of aliphatic imine (C=N–C) groups is 1. The molecule has 1 atom stereocenters. The van der Waals surface area contributed by atoms with Gasteiger partial charge >= 0.3 is 0 Å². The van der Waals surface area contributed by atoms with Crippen LogP contribution in [-0.4, -0.2) is 9.25 Å². The van der Waals surface area contributed by atoms with Crippen LogP contribution < -0.4 is 0 Å². The van der Waals surface area contributed by atoms with Gasteiger partial charge in [-0.3, -0.25) is 4.99 Å². The Hall–Kier alpha value is -0.960. The van der Waals surface area contributed by atoms with E-state index in [4.69, 9.17) is 0 Å². The Labute approximate surface area is 73.8 Å². The first-order valence-corrected chi connectivity index (χ1v) is 4.95. The summed E-state index contributed by atoms with van der Waals surface area (Å²) in [7, 11) is -1.01. The molecule has 0 spiro atoms. The standard InChI is InChI=1S/C9H9NOS/c1-7-10-6-8-4-2-3-5-9(8)12(7)11/h2-5H,6H2,1H3. The molecule has 0 radical (unpaired) electrons. The number of hydrogen-bond donors (Lipinski definition) is 0. The van der Waals surface area contributed by atoms with E-state index in [1.165, 1.54) is 0 Å². The number of fused-ring (bicyclic) bond motifs is 1. The zero-order chi connectivity index (χ0) is 8.55. The zero-order valence-corrected chi connectivity index (χ0v) is 7.60. The lowest BCUT2D eigenvalue weighted by molar-refractivity contribution is 0.687. The van der Waals surface area contributed by atoms with E-state index in [1.807, 2.05) is 31.2 Å². The van der Waals surface area contributed by atoms with Gasteiger partial charge in [0.25, 0.3) is 0 Å². The van der Waals surface area contributed by atoms with Crippen molar-refractivity contribution in [3.63, 3.8) is 0 Å². The highest BCUT2D eigenvalue weighted by Crippen LogP contribution is 2.19. The average Bonchev–Trinajstić information content (AvgIpc) is 2.12. The van der Waals surface area contributed by atoms with Crippen LogP contribution in [0.3, 0.4) is 0 Å². The smallest absolute Gasteiger partial charge is 0.101 e. The molecule has 0 saturated carbocycles. The lowest BCUT2D eigenvalue weighted by Gasteiger charge is -2.12. The first-order chi connectivity index (χ1) is 5.79. The summed E-state index contributed by atoms with van der Waals surface area (Å²) in [4.78, 5) is 5.09. The van der Waals surface area contributed by atoms with Crippen LogP contribution in [0.1, 0.15) is 12.5 Å². The van der Waals surface area contributed by atoms with Crippen molar-refractivity contribution in [3.8, 4) is 0 Å². The van der Waals surface area contributed by atoms with Crippen molar-refractivity contribution in [1.29, 1.82) is 0 Å². The zero-order valence-electron chi connectivity index (χ0n) is 6.78. The molecule has 0 aliphatic carbocycles. The summed E-state index contributed by atoms with van der Waals surface area (Å²) in [5.41, 5.74) is 1.08. The van der Waals surface area contributed by atoms with Crippen LogP contribution in [0.15, 0.2) is 34.2 Å². The molecule has 62 valence electrons. The fraction of sp³-hybridized carbons (Fsp3) is 0.222. The van der Waals surface area contributed by atoms with Crippen LogP contribution >= 0.6 is 0 Å². The van der Waals surface area contributed by atoms with Crippen LogP contribution in [-0.2, 0) is 17.3 Å². The van der Waals surface area contributed by atoms with E-state index in [1.54, 1.807) is 0 Å². The predicted octanol–water partition coefficient (Wildman–Crippen LogP) is 1.73. The Kier molecular flexibility index (Phi) is 1.81. The molecule has 0 saturated heterocycles. The van der Waals surface area contributed by atoms with E-state index in [-0.39, 0.29) is 0 Å². The van der Waals surface area contributed by atoms with E-state index in [0.717, 1.165) is 15.5 Å². The monoisotopic (exact) mass is 179 g/mol. The van der Waals surface area contributed by atoms with Gasteiger partial charge in [-0.2, -0.15) is 0 Å². The van der Waals surface area contributed by atoms with Crippen molar-refractivity contribution in [1.82, 2.24) is 0 Å². The molecule has 0 aromatic heterocycles. The third-order valence-corrected chi connectivity index (χ3v) is 3.38. The van der Waals surface area contributed by atoms with Gasteiger partial charge in [0.15, 0.2) is 0 Å². The van der Waals surface area contributed by atoms with E-state index in [0.29, 0.717) is 6.54 Å². The maximum absolute atomic E-state index is 11.6. The number of rotatable bonds is 0. The van der Waals surface area contributed by atoms with Crippen LogP contribution in [0.2, 0.25) is 0 Å². The largest absolute Gasteiger partial charge is 0.275 e. The summed E-state index contributed by atoms with van der Waals surface area (Å²) in [5, 5.41) is 0.730. The van der Waals surface area contributed by atoms with E-state index < -0.39 is 10.8 Å². The highest BCUT2D eigenvalue weighted by Gasteiger charge is 2.15. The Morgan fingerprint density at radius 1 is 1.42 bits per heavy atom. The van der Waals surface area contributed by atoms with E-state index >= 15 is 0 Å². The van der Waals surface area contributed by atoms with Crippen molar-refractivity contribution in [2.45, 2.75) is 18.4 Å². The summed E-state index contributed by atoms with van der Waals surface area (Å²) in [6.07, 6.45) is 0. The normalized spacial score (nSPS) is 21.4. The Bertz CT molecular complexity index is 371. The highest BCUT2D eigenvalue weighted by molar-refractivity contribution is 8.00. The Morgan fingerprint density at radius 2 is 2.17 bits per heavy atom. The van der Waals surface area contributed by atoms with E-state index in [2.05, 4.69) is 4.99 Å². The molecule has 2 rings (SSSR count). The maximum Gasteiger partial charge on any atom is 0.101 e. The highest BCUT2D eigenvalue weighted by atomic mass is 32.2. The molecule has 3 heteroatoms. The summed E-state index contributed by atoms with van der Waals surface area (Å²) in [6.45, 7) is 2.49. The summed E-state index contributed by atoms with van der Waals surface area (Å²) in [5.74, 6) is 0. The van der Waals surface area contributed by atoms with Gasteiger partial charge in [-0.25, -0.2) is 4.21 Å². The topological polar surface area (TPSA) is 29.4 Å². The average molecular weight is 179 g/mol. The Balaban J connectivity index is 2.57. The lowest BCUT2D eigenvalue weighted by atomic mass is 10.2. The van der Waals surface area contributed by atoms with Gasteiger partial charge in [0.05, 0.1) is 17.3 Å².